The molecule has 11 atom stereocenters. The Morgan fingerprint density at radius 1 is 0.463 bits per heavy atom. The number of para-hydroxylation sites is 1. The molecule has 1 fully saturated rings. The minimum atomic E-state index is -1.91. The Kier molecular flexibility index (Phi) is 44.6. The Morgan fingerprint density at radius 3 is 1.43 bits per heavy atom. The van der Waals surface area contributed by atoms with Gasteiger partial charge in [0, 0.05) is 113 Å². The molecular formula is C96H127ClN22O17. The van der Waals surface area contributed by atoms with Gasteiger partial charge in [-0.15, -0.1) is 0 Å². The van der Waals surface area contributed by atoms with Crippen molar-refractivity contribution in [3.05, 3.63) is 197 Å². The maximum Gasteiger partial charge on any atom is 0.272 e. The van der Waals surface area contributed by atoms with E-state index in [2.05, 4.69) is 99.4 Å². The number of amides is 16. The summed E-state index contributed by atoms with van der Waals surface area (Å²) in [4.78, 5) is 251. The van der Waals surface area contributed by atoms with Crippen molar-refractivity contribution in [2.24, 2.45) is 11.7 Å². The molecule has 39 nitrogen and oxygen atoms in total. The van der Waals surface area contributed by atoms with E-state index < -0.39 is 168 Å². The molecule has 1 aliphatic heterocycles. The molecule has 2 aromatic carbocycles. The van der Waals surface area contributed by atoms with E-state index in [1.165, 1.54) is 79.9 Å². The Morgan fingerprint density at radius 2 is 0.919 bits per heavy atom. The zero-order valence-electron chi connectivity index (χ0n) is 77.8. The Labute approximate surface area is 795 Å². The van der Waals surface area contributed by atoms with Crippen LogP contribution in [0.5, 0.6) is 0 Å². The molecular weight excluding hydrogens is 1770 g/mol. The lowest BCUT2D eigenvalue weighted by Gasteiger charge is -2.31. The first-order valence-electron chi connectivity index (χ1n) is 46.0. The Hall–Kier alpha value is -13.8. The molecule has 0 unspecified atom stereocenters. The fraction of sp³-hybridized carbons (Fsp3) is 0.469. The van der Waals surface area contributed by atoms with Crippen LogP contribution in [0.2, 0.25) is 5.02 Å². The van der Waals surface area contributed by atoms with Crippen molar-refractivity contribution in [2.45, 2.75) is 230 Å². The number of nitrogens with one attached hydrogen (secondary N) is 14. The molecule has 6 heterocycles. The van der Waals surface area contributed by atoms with Gasteiger partial charge in [0.2, 0.25) is 76.8 Å². The highest BCUT2D eigenvalue weighted by Gasteiger charge is 2.41. The number of hydrogen-bond donors (Lipinski definition) is 16. The number of fused-ring (bicyclic) bond motifs is 1. The van der Waals surface area contributed by atoms with Gasteiger partial charge in [0.25, 0.3) is 17.7 Å². The zero-order valence-corrected chi connectivity index (χ0v) is 78.5. The van der Waals surface area contributed by atoms with Gasteiger partial charge < -0.3 is 95.1 Å². The number of carbonyl (C=O) groups excluding carboxylic acids is 16. The molecule has 16 amide bonds. The van der Waals surface area contributed by atoms with E-state index in [1.54, 1.807) is 92.8 Å². The highest BCUT2D eigenvalue weighted by molar-refractivity contribution is 6.30. The third-order valence-corrected chi connectivity index (χ3v) is 22.6. The monoisotopic (exact) mass is 1890 g/mol. The molecule has 1 saturated heterocycles. The van der Waals surface area contributed by atoms with Crippen LogP contribution in [-0.2, 0) is 81.6 Å². The Bertz CT molecular complexity index is 5150. The summed E-state index contributed by atoms with van der Waals surface area (Å²) in [5.41, 5.74) is 7.99. The van der Waals surface area contributed by atoms with Gasteiger partial charge in [-0.05, 0) is 199 Å². The summed E-state index contributed by atoms with van der Waals surface area (Å²) >= 11 is 6.29. The molecule has 1 aliphatic rings. The number of nitrogens with zero attached hydrogens (tertiary/aromatic N) is 7. The molecule has 5 aromatic heterocycles. The number of rotatable bonds is 56. The third kappa shape index (κ3) is 36.5. The lowest BCUT2D eigenvalue weighted by atomic mass is 10.00. The van der Waals surface area contributed by atoms with Gasteiger partial charge in [0.1, 0.15) is 83.5 Å². The first-order chi connectivity index (χ1) is 65.2. The summed E-state index contributed by atoms with van der Waals surface area (Å²) < 4.78 is 0. The summed E-state index contributed by atoms with van der Waals surface area (Å²) in [5, 5.41) is 51.2. The molecule has 40 heteroatoms. The average molecular weight is 1900 g/mol. The van der Waals surface area contributed by atoms with Gasteiger partial charge in [0.15, 0.2) is 0 Å². The van der Waals surface area contributed by atoms with Gasteiger partial charge in [-0.3, -0.25) is 102 Å². The molecule has 136 heavy (non-hydrogen) atoms. The summed E-state index contributed by atoms with van der Waals surface area (Å²) in [6.07, 6.45) is 10.1. The predicted molar refractivity (Wildman–Crippen MR) is 506 cm³/mol. The van der Waals surface area contributed by atoms with Crippen LogP contribution in [-0.4, -0.2) is 260 Å². The topological polar surface area (TPSA) is 559 Å². The molecule has 0 saturated carbocycles. The van der Waals surface area contributed by atoms with E-state index in [0.29, 0.717) is 53.0 Å². The van der Waals surface area contributed by atoms with Crippen molar-refractivity contribution in [3.8, 4) is 0 Å². The van der Waals surface area contributed by atoms with Crippen LogP contribution >= 0.6 is 11.6 Å². The van der Waals surface area contributed by atoms with Crippen molar-refractivity contribution in [1.29, 1.82) is 0 Å². The summed E-state index contributed by atoms with van der Waals surface area (Å²) in [7, 11) is 1.42. The number of likely N-dealkylation sites (tertiary alicyclic amines) is 1. The van der Waals surface area contributed by atoms with Crippen LogP contribution in [0.1, 0.15) is 186 Å². The van der Waals surface area contributed by atoms with Crippen molar-refractivity contribution in [1.82, 2.24) is 109 Å². The lowest BCUT2D eigenvalue weighted by Crippen LogP contribution is -2.61. The molecule has 0 bridgehead atoms. The second kappa shape index (κ2) is 56.4. The van der Waals surface area contributed by atoms with Crippen molar-refractivity contribution in [3.63, 3.8) is 0 Å². The highest BCUT2D eigenvalue weighted by Crippen LogP contribution is 2.23. The van der Waals surface area contributed by atoms with Gasteiger partial charge in [-0.2, -0.15) is 0 Å². The molecule has 7 aromatic rings. The number of primary amides is 1. The number of aromatic nitrogens is 5. The number of halogens is 1. The SMILES string of the molecule is CC(=O)N[C@H](Cc1cnc2ccccc2c1)C(=O)N[C@H](Cc1ccc(Cl)cc1)C(=O)N[C@H](Cc1cccnc1)C(=O)N[C@@H](CO)C(=O)N[C@@H](CCCCNC(=O)c1ccccn1)C(=O)N[C@@H](CCCCNC(=O)CN(C)C(=O)c1ccccn1)C(=O)N[C@H](CCCCNC(=O)c1ccccn1)C(=O)N[C@@H](CC(C)C)C(=O)N[C@@H](CCCCNC(C)C)C(=O)N1CCC[C@H]1C(=O)N[C@H](C)C(N)=O. The normalized spacial score (nSPS) is 14.5. The number of likely N-dealkylation sites (N-methyl/N-ethyl adjacent to an activating group) is 1. The number of aliphatic hydroxyl groups excluding tert-OH is 1. The quantitative estimate of drug-likeness (QED) is 0.0243. The van der Waals surface area contributed by atoms with Gasteiger partial charge in [-0.25, -0.2) is 0 Å². The van der Waals surface area contributed by atoms with Crippen LogP contribution in [0, 0.1) is 5.92 Å². The standard InChI is InChI=1S/C96H127ClN22O17/c1-59(2)50-76(89(129)113-75(35-16-17-42-100-60(3)4)96(136)119-49-25-36-81(119)94(134)108-61(5)83(98)123)114-88(128)73(33-14-23-48-106-85(125)70-30-11-19-44-102-70)111-86(126)71(31-12-21-46-104-82(122)57-118(7)95(135)74-34-15-20-45-103-74)110-87(127)72(32-13-22-47-105-84(124)69-29-10-18-43-101-69)112-93(133)80(58-120)117-92(132)79(53-64-26-24-41-99-55-64)116-91(131)78(52-63-37-39-67(97)40-38-63)115-90(130)77(109-62(6)121)54-65-51-66-27-8-9-28-68(66)107-56-65/h8-11,15,18-20,24,26-30,34,37-41,43-45,51,55-56,59-61,71-73,75-81,100,120H,12-14,16-17,21-23,25,31-33,35-36,42,46-50,52-54,57-58H2,1-7H3,(H2,98,123)(H,104,122)(H,105,124)(H,106,125)(H,108,134)(H,109,121)(H,110,127)(H,111,126)(H,112,133)(H,113,129)(H,114,128)(H,115,130)(H,116,131)(H,117,132)/t61-,71+,72+,73-,75+,76+,77-,78-,79-,80+,81+/m1/s1. The number of pyridine rings is 5. The summed E-state index contributed by atoms with van der Waals surface area (Å²) in [5.74, 6) is -12.5. The predicted octanol–water partition coefficient (Wildman–Crippen LogP) is 2.33. The third-order valence-electron chi connectivity index (χ3n) is 22.4. The van der Waals surface area contributed by atoms with Crippen molar-refractivity contribution >= 4 is 117 Å². The smallest absolute Gasteiger partial charge is 0.272 e. The van der Waals surface area contributed by atoms with Crippen LogP contribution < -0.4 is 80.2 Å². The molecule has 17 N–H and O–H groups in total. The van der Waals surface area contributed by atoms with Gasteiger partial charge in [-0.1, -0.05) is 93.9 Å². The van der Waals surface area contributed by atoms with E-state index in [0.717, 1.165) is 5.39 Å². The fourth-order valence-corrected chi connectivity index (χ4v) is 15.2. The van der Waals surface area contributed by atoms with Gasteiger partial charge >= 0.3 is 0 Å². The lowest BCUT2D eigenvalue weighted by molar-refractivity contribution is -0.142. The maximum absolute atomic E-state index is 15.6. The summed E-state index contributed by atoms with van der Waals surface area (Å²) in [6, 6.07) is 17.4. The minimum absolute atomic E-state index is 0.0142. The maximum atomic E-state index is 15.6. The van der Waals surface area contributed by atoms with E-state index in [9.17, 15) is 48.3 Å². The average Bonchev–Trinajstić information content (AvgIpc) is 1.56. The van der Waals surface area contributed by atoms with Crippen LogP contribution in [0.3, 0.4) is 0 Å². The number of unbranched alkanes of at least 4 members (excludes halogenated alkanes) is 4. The zero-order chi connectivity index (χ0) is 98.6. The highest BCUT2D eigenvalue weighted by atomic mass is 35.5. The second-order valence-corrected chi connectivity index (χ2v) is 34.7. The first kappa shape index (κ1) is 108. The van der Waals surface area contributed by atoms with Crippen LogP contribution in [0.15, 0.2) is 159 Å². The summed E-state index contributed by atoms with van der Waals surface area (Å²) in [6.45, 7) is 9.46. The number of aliphatic hydroxyl groups is 1. The van der Waals surface area contributed by atoms with Crippen LogP contribution in [0.4, 0.5) is 0 Å². The molecule has 0 spiro atoms. The van der Waals surface area contributed by atoms with Gasteiger partial charge in [0.05, 0.1) is 18.7 Å². The number of hydrogen-bond acceptors (Lipinski definition) is 23. The van der Waals surface area contributed by atoms with E-state index in [1.807, 2.05) is 44.2 Å². The fourth-order valence-electron chi connectivity index (χ4n) is 15.1. The second-order valence-electron chi connectivity index (χ2n) is 34.3. The first-order valence-corrected chi connectivity index (χ1v) is 46.3. The van der Waals surface area contributed by atoms with E-state index in [4.69, 9.17) is 17.3 Å². The number of carbonyl (C=O) groups is 16. The molecule has 0 radical (unpaired) electrons. The van der Waals surface area contributed by atoms with Crippen molar-refractivity contribution < 1.29 is 81.8 Å². The molecule has 8 rings (SSSR count). The van der Waals surface area contributed by atoms with E-state index in [-0.39, 0.29) is 158 Å². The number of benzene rings is 2. The van der Waals surface area contributed by atoms with Crippen molar-refractivity contribution in [2.75, 3.05) is 52.9 Å². The molecule has 730 valence electrons. The van der Waals surface area contributed by atoms with Crippen LogP contribution in [0.25, 0.3) is 10.9 Å². The van der Waals surface area contributed by atoms with E-state index >= 15 is 33.6 Å². The Balaban J connectivity index is 1.10. The minimum Gasteiger partial charge on any atom is -0.394 e. The molecule has 0 aliphatic carbocycles. The largest absolute Gasteiger partial charge is 0.394 e. The number of nitrogens with two attached hydrogens (primary N) is 1.